The maximum Gasteiger partial charge on any atom is 0.307 e. The second-order valence-electron chi connectivity index (χ2n) is 4.16. The van der Waals surface area contributed by atoms with Crippen molar-refractivity contribution in [2.45, 2.75) is 12.8 Å². The largest absolute Gasteiger partial charge is 0.469 e. The first-order valence-corrected chi connectivity index (χ1v) is 7.20. The summed E-state index contributed by atoms with van der Waals surface area (Å²) in [5, 5.41) is 5.23. The Morgan fingerprint density at radius 3 is 2.43 bits per heavy atom. The van der Waals surface area contributed by atoms with Crippen LogP contribution in [0.15, 0.2) is 28.7 Å². The van der Waals surface area contributed by atoms with Crippen LogP contribution in [0.1, 0.15) is 23.2 Å². The molecule has 1 aromatic carbocycles. The second kappa shape index (κ2) is 9.12. The molecule has 1 rings (SSSR count). The smallest absolute Gasteiger partial charge is 0.307 e. The normalized spacial score (nSPS) is 9.81. The van der Waals surface area contributed by atoms with Gasteiger partial charge in [0.2, 0.25) is 5.91 Å². The van der Waals surface area contributed by atoms with E-state index in [1.54, 1.807) is 18.2 Å². The minimum atomic E-state index is -0.377. The van der Waals surface area contributed by atoms with Crippen molar-refractivity contribution in [3.8, 4) is 0 Å². The van der Waals surface area contributed by atoms with Crippen LogP contribution >= 0.6 is 15.9 Å². The number of hydrogen-bond donors (Lipinski definition) is 2. The van der Waals surface area contributed by atoms with E-state index in [0.717, 1.165) is 0 Å². The molecule has 0 spiro atoms. The zero-order valence-electron chi connectivity index (χ0n) is 11.6. The first-order valence-electron chi connectivity index (χ1n) is 6.41. The minimum absolute atomic E-state index is 0.131. The molecule has 2 N–H and O–H groups in total. The molecule has 0 saturated carbocycles. The van der Waals surface area contributed by atoms with E-state index in [2.05, 4.69) is 31.3 Å². The van der Waals surface area contributed by atoms with E-state index < -0.39 is 0 Å². The zero-order valence-corrected chi connectivity index (χ0v) is 13.2. The van der Waals surface area contributed by atoms with Crippen LogP contribution in [0.3, 0.4) is 0 Å². The average molecular weight is 357 g/mol. The minimum Gasteiger partial charge on any atom is -0.469 e. The first-order chi connectivity index (χ1) is 10.0. The van der Waals surface area contributed by atoms with Crippen molar-refractivity contribution in [3.63, 3.8) is 0 Å². The Hall–Kier alpha value is -1.89. The molecular weight excluding hydrogens is 340 g/mol. The van der Waals surface area contributed by atoms with Crippen molar-refractivity contribution in [2.24, 2.45) is 0 Å². The van der Waals surface area contributed by atoms with Crippen molar-refractivity contribution in [1.29, 1.82) is 0 Å². The predicted molar refractivity (Wildman–Crippen MR) is 80.7 cm³/mol. The fraction of sp³-hybridized carbons (Fsp3) is 0.357. The SMILES string of the molecule is COC(=O)CCNC(=O)CCNC(=O)c1ccccc1Br. The number of nitrogens with one attached hydrogen (secondary N) is 2. The molecule has 7 heteroatoms. The summed E-state index contributed by atoms with van der Waals surface area (Å²) in [6.45, 7) is 0.452. The lowest BCUT2D eigenvalue weighted by Gasteiger charge is -2.07. The van der Waals surface area contributed by atoms with Crippen LogP contribution in [0.4, 0.5) is 0 Å². The number of rotatable bonds is 7. The number of carbonyl (C=O) groups is 3. The van der Waals surface area contributed by atoms with E-state index in [1.165, 1.54) is 7.11 Å². The Morgan fingerprint density at radius 2 is 1.76 bits per heavy atom. The summed E-state index contributed by atoms with van der Waals surface area (Å²) in [7, 11) is 1.29. The number of esters is 1. The summed E-state index contributed by atoms with van der Waals surface area (Å²) in [6.07, 6.45) is 0.281. The van der Waals surface area contributed by atoms with Gasteiger partial charge in [0.15, 0.2) is 0 Å². The molecule has 1 aromatic rings. The van der Waals surface area contributed by atoms with E-state index in [0.29, 0.717) is 10.0 Å². The summed E-state index contributed by atoms with van der Waals surface area (Å²) >= 11 is 3.29. The van der Waals surface area contributed by atoms with E-state index in [-0.39, 0.29) is 43.7 Å². The monoisotopic (exact) mass is 356 g/mol. The average Bonchev–Trinajstić information content (AvgIpc) is 2.47. The summed E-state index contributed by atoms with van der Waals surface area (Å²) in [5.41, 5.74) is 0.517. The first kappa shape index (κ1) is 17.2. The van der Waals surface area contributed by atoms with Gasteiger partial charge in [-0.2, -0.15) is 0 Å². The third-order valence-corrected chi connectivity index (χ3v) is 3.33. The number of amides is 2. The second-order valence-corrected chi connectivity index (χ2v) is 5.02. The van der Waals surface area contributed by atoms with E-state index in [9.17, 15) is 14.4 Å². The molecule has 0 aliphatic heterocycles. The summed E-state index contributed by atoms with van der Waals surface area (Å²) < 4.78 is 5.15. The Balaban J connectivity index is 2.24. The lowest BCUT2D eigenvalue weighted by molar-refractivity contribution is -0.140. The number of halogens is 1. The topological polar surface area (TPSA) is 84.5 Å². The lowest BCUT2D eigenvalue weighted by Crippen LogP contribution is -2.31. The summed E-state index contributed by atoms with van der Waals surface area (Å²) in [6, 6.07) is 7.04. The van der Waals surface area contributed by atoms with E-state index in [4.69, 9.17) is 0 Å². The van der Waals surface area contributed by atoms with Gasteiger partial charge in [0.05, 0.1) is 19.1 Å². The molecule has 0 radical (unpaired) electrons. The fourth-order valence-corrected chi connectivity index (χ4v) is 1.99. The van der Waals surface area contributed by atoms with E-state index >= 15 is 0 Å². The van der Waals surface area contributed by atoms with Gasteiger partial charge < -0.3 is 15.4 Å². The molecule has 21 heavy (non-hydrogen) atoms. The van der Waals surface area contributed by atoms with Crippen LogP contribution in [0.5, 0.6) is 0 Å². The molecule has 6 nitrogen and oxygen atoms in total. The highest BCUT2D eigenvalue weighted by molar-refractivity contribution is 9.10. The molecule has 0 unspecified atom stereocenters. The number of benzene rings is 1. The van der Waals surface area contributed by atoms with E-state index in [1.807, 2.05) is 6.07 Å². The molecule has 0 fully saturated rings. The van der Waals surface area contributed by atoms with Gasteiger partial charge in [0.1, 0.15) is 0 Å². The molecule has 2 amide bonds. The highest BCUT2D eigenvalue weighted by Gasteiger charge is 2.09. The fourth-order valence-electron chi connectivity index (χ4n) is 1.52. The third kappa shape index (κ3) is 6.40. The summed E-state index contributed by atoms with van der Waals surface area (Å²) in [4.78, 5) is 34.2. The van der Waals surface area contributed by atoms with Crippen LogP contribution < -0.4 is 10.6 Å². The van der Waals surface area contributed by atoms with Gasteiger partial charge >= 0.3 is 5.97 Å². The van der Waals surface area contributed by atoms with Gasteiger partial charge in [0.25, 0.3) is 5.91 Å². The predicted octanol–water partition coefficient (Wildman–Crippen LogP) is 1.25. The van der Waals surface area contributed by atoms with Crippen molar-refractivity contribution in [3.05, 3.63) is 34.3 Å². The van der Waals surface area contributed by atoms with Crippen molar-refractivity contribution >= 4 is 33.7 Å². The number of ether oxygens (including phenoxy) is 1. The summed E-state index contributed by atoms with van der Waals surface area (Å²) in [5.74, 6) is -0.853. The Bertz CT molecular complexity index is 519. The van der Waals surface area contributed by atoms with Crippen LogP contribution in [-0.4, -0.2) is 38.0 Å². The van der Waals surface area contributed by atoms with Gasteiger partial charge in [-0.3, -0.25) is 14.4 Å². The van der Waals surface area contributed by atoms with Crippen LogP contribution in [0.25, 0.3) is 0 Å². The van der Waals surface area contributed by atoms with Crippen LogP contribution in [0.2, 0.25) is 0 Å². The third-order valence-electron chi connectivity index (χ3n) is 2.64. The van der Waals surface area contributed by atoms with Crippen LogP contribution in [-0.2, 0) is 14.3 Å². The van der Waals surface area contributed by atoms with Crippen LogP contribution in [0, 0.1) is 0 Å². The zero-order chi connectivity index (χ0) is 15.7. The molecular formula is C14H17BrN2O4. The quantitative estimate of drug-likeness (QED) is 0.720. The highest BCUT2D eigenvalue weighted by atomic mass is 79.9. The molecule has 0 aromatic heterocycles. The Morgan fingerprint density at radius 1 is 1.10 bits per heavy atom. The molecule has 0 atom stereocenters. The number of carbonyl (C=O) groups excluding carboxylic acids is 3. The number of methoxy groups -OCH3 is 1. The molecule has 0 aliphatic carbocycles. The maximum atomic E-state index is 11.9. The van der Waals surface area contributed by atoms with Crippen molar-refractivity contribution in [2.75, 3.05) is 20.2 Å². The maximum absolute atomic E-state index is 11.9. The Kier molecular flexibility index (Phi) is 7.45. The van der Waals surface area contributed by atoms with Crippen molar-refractivity contribution < 1.29 is 19.1 Å². The molecule has 0 aliphatic rings. The standard InChI is InChI=1S/C14H17BrN2O4/c1-21-13(19)7-9-16-12(18)6-8-17-14(20)10-4-2-3-5-11(10)15/h2-5H,6-9H2,1H3,(H,16,18)(H,17,20). The van der Waals surface area contributed by atoms with Gasteiger partial charge in [0, 0.05) is 24.0 Å². The van der Waals surface area contributed by atoms with Crippen molar-refractivity contribution in [1.82, 2.24) is 10.6 Å². The van der Waals surface area contributed by atoms with Gasteiger partial charge in [-0.1, -0.05) is 12.1 Å². The Labute approximate surface area is 131 Å². The lowest BCUT2D eigenvalue weighted by atomic mass is 10.2. The molecule has 114 valence electrons. The molecule has 0 saturated heterocycles. The van der Waals surface area contributed by atoms with Gasteiger partial charge in [-0.05, 0) is 28.1 Å². The van der Waals surface area contributed by atoms with Gasteiger partial charge in [-0.25, -0.2) is 0 Å². The highest BCUT2D eigenvalue weighted by Crippen LogP contribution is 2.15. The molecule has 0 heterocycles. The number of hydrogen-bond acceptors (Lipinski definition) is 4. The van der Waals surface area contributed by atoms with Gasteiger partial charge in [-0.15, -0.1) is 0 Å². The molecule has 0 bridgehead atoms.